The van der Waals surface area contributed by atoms with Gasteiger partial charge in [0.2, 0.25) is 12.3 Å². The zero-order valence-electron chi connectivity index (χ0n) is 6.88. The van der Waals surface area contributed by atoms with E-state index in [0.29, 0.717) is 18.9 Å². The van der Waals surface area contributed by atoms with Crippen LogP contribution < -0.4 is 0 Å². The largest absolute Gasteiger partial charge is 0.391 e. The van der Waals surface area contributed by atoms with Crippen molar-refractivity contribution >= 4 is 5.91 Å². The van der Waals surface area contributed by atoms with E-state index >= 15 is 0 Å². The number of nitrogens with zero attached hydrogens (tertiary/aromatic N) is 3. The van der Waals surface area contributed by atoms with Gasteiger partial charge >= 0.3 is 0 Å². The van der Waals surface area contributed by atoms with E-state index in [2.05, 4.69) is 14.7 Å². The Morgan fingerprint density at radius 3 is 3.15 bits per heavy atom. The van der Waals surface area contributed by atoms with Crippen LogP contribution in [0.4, 0.5) is 0 Å². The van der Waals surface area contributed by atoms with Gasteiger partial charge in [-0.15, -0.1) is 0 Å². The summed E-state index contributed by atoms with van der Waals surface area (Å²) < 4.78 is 4.53. The molecule has 1 fully saturated rings. The summed E-state index contributed by atoms with van der Waals surface area (Å²) >= 11 is 0. The van der Waals surface area contributed by atoms with Gasteiger partial charge in [0.25, 0.3) is 0 Å². The number of amides is 1. The van der Waals surface area contributed by atoms with Gasteiger partial charge in [-0.3, -0.25) is 4.79 Å². The molecule has 0 bridgehead atoms. The highest BCUT2D eigenvalue weighted by Crippen LogP contribution is 2.12. The van der Waals surface area contributed by atoms with Crippen LogP contribution in [0.5, 0.6) is 0 Å². The molecule has 1 unspecified atom stereocenters. The zero-order chi connectivity index (χ0) is 9.26. The van der Waals surface area contributed by atoms with E-state index in [9.17, 15) is 9.90 Å². The monoisotopic (exact) mass is 183 g/mol. The van der Waals surface area contributed by atoms with Crippen molar-refractivity contribution in [1.82, 2.24) is 15.0 Å². The number of rotatable bonds is 2. The molecule has 2 heterocycles. The third-order valence-corrected chi connectivity index (χ3v) is 1.93. The van der Waals surface area contributed by atoms with Gasteiger partial charge in [-0.1, -0.05) is 5.16 Å². The van der Waals surface area contributed by atoms with Crippen LogP contribution in [0, 0.1) is 0 Å². The topological polar surface area (TPSA) is 79.5 Å². The number of β-amino-alcohol motifs (C(OH)–C–C–N with tert-alkyl or cyclic N) is 1. The Bertz CT molecular complexity index is 298. The van der Waals surface area contributed by atoms with Gasteiger partial charge in [0.05, 0.1) is 19.1 Å². The molecule has 6 heteroatoms. The Kier molecular flexibility index (Phi) is 1.97. The first-order chi connectivity index (χ1) is 6.25. The molecule has 0 radical (unpaired) electrons. The summed E-state index contributed by atoms with van der Waals surface area (Å²) in [7, 11) is 0. The lowest BCUT2D eigenvalue weighted by atomic mass is 10.3. The van der Waals surface area contributed by atoms with E-state index < -0.39 is 6.10 Å². The Balaban J connectivity index is 1.99. The maximum Gasteiger partial charge on any atom is 0.225 e. The molecule has 0 aliphatic carbocycles. The van der Waals surface area contributed by atoms with Gasteiger partial charge in [0.15, 0.2) is 5.82 Å². The quantitative estimate of drug-likeness (QED) is 0.646. The minimum absolute atomic E-state index is 0.0719. The van der Waals surface area contributed by atoms with E-state index in [1.165, 1.54) is 11.3 Å². The first-order valence-electron chi connectivity index (χ1n) is 3.97. The second kappa shape index (κ2) is 3.14. The van der Waals surface area contributed by atoms with E-state index in [-0.39, 0.29) is 12.3 Å². The highest BCUT2D eigenvalue weighted by molar-refractivity contribution is 5.78. The first kappa shape index (κ1) is 8.18. The van der Waals surface area contributed by atoms with Crippen molar-refractivity contribution in [3.63, 3.8) is 0 Å². The van der Waals surface area contributed by atoms with Crippen LogP contribution in [-0.2, 0) is 11.3 Å². The molecular formula is C7H9N3O3. The number of aliphatic hydroxyl groups is 1. The highest BCUT2D eigenvalue weighted by atomic mass is 16.5. The summed E-state index contributed by atoms with van der Waals surface area (Å²) in [6.07, 6.45) is 0.851. The number of hydrogen-bond donors (Lipinski definition) is 1. The summed E-state index contributed by atoms with van der Waals surface area (Å²) in [6, 6.07) is 0. The van der Waals surface area contributed by atoms with Crippen molar-refractivity contribution in [2.45, 2.75) is 19.1 Å². The van der Waals surface area contributed by atoms with Crippen molar-refractivity contribution in [1.29, 1.82) is 0 Å². The average molecular weight is 183 g/mol. The molecule has 6 nitrogen and oxygen atoms in total. The third kappa shape index (κ3) is 1.67. The number of carbonyl (C=O) groups is 1. The number of carbonyl (C=O) groups excluding carboxylic acids is 1. The molecular weight excluding hydrogens is 174 g/mol. The number of aromatic nitrogens is 2. The van der Waals surface area contributed by atoms with E-state index in [1.807, 2.05) is 0 Å². The summed E-state index contributed by atoms with van der Waals surface area (Å²) in [5.41, 5.74) is 0. The van der Waals surface area contributed by atoms with E-state index in [4.69, 9.17) is 0 Å². The minimum atomic E-state index is -0.556. The smallest absolute Gasteiger partial charge is 0.225 e. The van der Waals surface area contributed by atoms with Gasteiger partial charge in [-0.2, -0.15) is 4.98 Å². The molecule has 1 saturated heterocycles. The highest BCUT2D eigenvalue weighted by Gasteiger charge is 2.28. The predicted molar refractivity (Wildman–Crippen MR) is 40.3 cm³/mol. The SMILES string of the molecule is O=C1CC(O)CN1Cc1ncon1. The molecule has 1 N–H and O–H groups in total. The molecule has 13 heavy (non-hydrogen) atoms. The van der Waals surface area contributed by atoms with Gasteiger partial charge in [-0.25, -0.2) is 0 Å². The minimum Gasteiger partial charge on any atom is -0.391 e. The molecule has 0 saturated carbocycles. The maximum absolute atomic E-state index is 11.2. The van der Waals surface area contributed by atoms with Crippen LogP contribution in [0.15, 0.2) is 10.9 Å². The molecule has 1 aromatic rings. The Hall–Kier alpha value is -1.43. The van der Waals surface area contributed by atoms with E-state index in [1.54, 1.807) is 0 Å². The first-order valence-corrected chi connectivity index (χ1v) is 3.97. The Labute approximate surface area is 74.2 Å². The maximum atomic E-state index is 11.2. The molecule has 1 aliphatic heterocycles. The van der Waals surface area contributed by atoms with Gasteiger partial charge in [0.1, 0.15) is 0 Å². The fourth-order valence-electron chi connectivity index (χ4n) is 1.34. The molecule has 70 valence electrons. The van der Waals surface area contributed by atoms with Crippen molar-refractivity contribution in [2.24, 2.45) is 0 Å². The van der Waals surface area contributed by atoms with Crippen molar-refractivity contribution in [3.8, 4) is 0 Å². The second-order valence-electron chi connectivity index (χ2n) is 2.98. The van der Waals surface area contributed by atoms with Crippen LogP contribution in [-0.4, -0.2) is 38.7 Å². The van der Waals surface area contributed by atoms with E-state index in [0.717, 1.165) is 0 Å². The molecule has 0 aromatic carbocycles. The Morgan fingerprint density at radius 2 is 2.62 bits per heavy atom. The van der Waals surface area contributed by atoms with Crippen molar-refractivity contribution < 1.29 is 14.4 Å². The van der Waals surface area contributed by atoms with Crippen LogP contribution in [0.2, 0.25) is 0 Å². The number of aliphatic hydroxyl groups excluding tert-OH is 1. The predicted octanol–water partition coefficient (Wildman–Crippen LogP) is -0.837. The molecule has 1 aromatic heterocycles. The summed E-state index contributed by atoms with van der Waals surface area (Å²) in [6.45, 7) is 0.666. The zero-order valence-corrected chi connectivity index (χ0v) is 6.88. The number of likely N-dealkylation sites (tertiary alicyclic amines) is 1. The molecule has 1 atom stereocenters. The molecule has 1 aliphatic rings. The fourth-order valence-corrected chi connectivity index (χ4v) is 1.34. The van der Waals surface area contributed by atoms with Crippen LogP contribution >= 0.6 is 0 Å². The lowest BCUT2D eigenvalue weighted by Gasteiger charge is -2.11. The fraction of sp³-hybridized carbons (Fsp3) is 0.571. The van der Waals surface area contributed by atoms with Crippen molar-refractivity contribution in [2.75, 3.05) is 6.54 Å². The van der Waals surface area contributed by atoms with Gasteiger partial charge < -0.3 is 14.5 Å². The summed E-state index contributed by atoms with van der Waals surface area (Å²) in [5.74, 6) is 0.389. The molecule has 0 spiro atoms. The summed E-state index contributed by atoms with van der Waals surface area (Å²) in [5, 5.41) is 12.7. The normalized spacial score (nSPS) is 22.7. The van der Waals surface area contributed by atoms with Crippen LogP contribution in [0.25, 0.3) is 0 Å². The Morgan fingerprint density at radius 1 is 1.77 bits per heavy atom. The average Bonchev–Trinajstić information content (AvgIpc) is 2.63. The van der Waals surface area contributed by atoms with Crippen molar-refractivity contribution in [3.05, 3.63) is 12.2 Å². The van der Waals surface area contributed by atoms with Gasteiger partial charge in [0, 0.05) is 6.54 Å². The standard InChI is InChI=1S/C7H9N3O3/c11-5-1-7(12)10(2-5)3-6-8-4-13-9-6/h4-5,11H,1-3H2. The lowest BCUT2D eigenvalue weighted by molar-refractivity contribution is -0.128. The third-order valence-electron chi connectivity index (χ3n) is 1.93. The molecule has 1 amide bonds. The van der Waals surface area contributed by atoms with Crippen LogP contribution in [0.1, 0.15) is 12.2 Å². The molecule has 2 rings (SSSR count). The van der Waals surface area contributed by atoms with Crippen LogP contribution in [0.3, 0.4) is 0 Å². The van der Waals surface area contributed by atoms with Gasteiger partial charge in [-0.05, 0) is 0 Å². The number of hydrogen-bond acceptors (Lipinski definition) is 5. The second-order valence-corrected chi connectivity index (χ2v) is 2.98. The lowest BCUT2D eigenvalue weighted by Crippen LogP contribution is -2.25. The summed E-state index contributed by atoms with van der Waals surface area (Å²) in [4.78, 5) is 16.5.